The van der Waals surface area contributed by atoms with Crippen LogP contribution >= 0.6 is 0 Å². The lowest BCUT2D eigenvalue weighted by Gasteiger charge is -2.24. The van der Waals surface area contributed by atoms with Gasteiger partial charge in [-0.3, -0.25) is 0 Å². The average Bonchev–Trinajstić information content (AvgIpc) is 1.95. The lowest BCUT2D eigenvalue weighted by atomic mass is 9.95. The number of rotatable bonds is 0. The highest BCUT2D eigenvalue weighted by Gasteiger charge is 2.13. The standard InChI is InChI=1S/C10H17N/c1-9-6-4-5-7-11(3)8-10(9)2/h9-10H,5,7-8H2,1-3H3. The lowest BCUT2D eigenvalue weighted by molar-refractivity contribution is 0.264. The molecule has 0 spiro atoms. The minimum atomic E-state index is 0.567. The molecule has 0 bridgehead atoms. The molecule has 0 N–H and O–H groups in total. The molecule has 62 valence electrons. The first kappa shape index (κ1) is 8.62. The molecular formula is C10H17N. The summed E-state index contributed by atoms with van der Waals surface area (Å²) in [7, 11) is 2.18. The maximum Gasteiger partial charge on any atom is 0.0217 e. The Bertz CT molecular complexity index is 175. The summed E-state index contributed by atoms with van der Waals surface area (Å²) >= 11 is 0. The molecule has 0 radical (unpaired) electrons. The monoisotopic (exact) mass is 151 g/mol. The molecule has 0 aliphatic carbocycles. The smallest absolute Gasteiger partial charge is 0.0217 e. The summed E-state index contributed by atoms with van der Waals surface area (Å²) < 4.78 is 0. The van der Waals surface area contributed by atoms with Crippen LogP contribution in [0.2, 0.25) is 0 Å². The quantitative estimate of drug-likeness (QED) is 0.475. The second-order valence-corrected chi connectivity index (χ2v) is 3.60. The first-order valence-electron chi connectivity index (χ1n) is 4.37. The molecule has 0 saturated carbocycles. The maximum absolute atomic E-state index is 3.28. The number of nitrogens with zero attached hydrogens (tertiary/aromatic N) is 1. The second-order valence-electron chi connectivity index (χ2n) is 3.60. The van der Waals surface area contributed by atoms with E-state index in [1.54, 1.807) is 0 Å². The van der Waals surface area contributed by atoms with Crippen molar-refractivity contribution in [1.82, 2.24) is 4.90 Å². The van der Waals surface area contributed by atoms with Gasteiger partial charge in [0.2, 0.25) is 0 Å². The third kappa shape index (κ3) is 2.55. The van der Waals surface area contributed by atoms with Crippen LogP contribution in [0.15, 0.2) is 0 Å². The summed E-state index contributed by atoms with van der Waals surface area (Å²) in [6, 6.07) is 0. The normalized spacial score (nSPS) is 33.4. The summed E-state index contributed by atoms with van der Waals surface area (Å²) in [5, 5.41) is 0. The third-order valence-electron chi connectivity index (χ3n) is 2.40. The van der Waals surface area contributed by atoms with E-state index in [0.717, 1.165) is 13.0 Å². The molecular weight excluding hydrogens is 134 g/mol. The zero-order valence-corrected chi connectivity index (χ0v) is 7.72. The highest BCUT2D eigenvalue weighted by molar-refractivity contribution is 5.05. The molecule has 0 aromatic carbocycles. The summed E-state index contributed by atoms with van der Waals surface area (Å²) in [6.07, 6.45) is 1.04. The van der Waals surface area contributed by atoms with E-state index >= 15 is 0 Å². The molecule has 2 atom stereocenters. The van der Waals surface area contributed by atoms with Crippen LogP contribution in [0.5, 0.6) is 0 Å². The Morgan fingerprint density at radius 3 is 2.82 bits per heavy atom. The van der Waals surface area contributed by atoms with Crippen molar-refractivity contribution >= 4 is 0 Å². The minimum absolute atomic E-state index is 0.567. The molecule has 1 aliphatic rings. The van der Waals surface area contributed by atoms with Gasteiger partial charge in [-0.15, -0.1) is 5.92 Å². The van der Waals surface area contributed by atoms with Gasteiger partial charge in [-0.05, 0) is 13.0 Å². The van der Waals surface area contributed by atoms with E-state index in [1.807, 2.05) is 0 Å². The van der Waals surface area contributed by atoms with Gasteiger partial charge in [-0.2, -0.15) is 0 Å². The number of hydrogen-bond donors (Lipinski definition) is 0. The summed E-state index contributed by atoms with van der Waals surface area (Å²) in [6.45, 7) is 6.82. The largest absolute Gasteiger partial charge is 0.305 e. The predicted molar refractivity (Wildman–Crippen MR) is 48.2 cm³/mol. The Balaban J connectivity index is 2.58. The molecule has 0 aromatic rings. The van der Waals surface area contributed by atoms with Crippen molar-refractivity contribution in [2.75, 3.05) is 20.1 Å². The summed E-state index contributed by atoms with van der Waals surface area (Å²) in [5.41, 5.74) is 0. The molecule has 1 nitrogen and oxygen atoms in total. The first-order valence-corrected chi connectivity index (χ1v) is 4.37. The van der Waals surface area contributed by atoms with Gasteiger partial charge in [0.1, 0.15) is 0 Å². The van der Waals surface area contributed by atoms with Crippen LogP contribution in [0.1, 0.15) is 20.3 Å². The summed E-state index contributed by atoms with van der Waals surface area (Å²) in [4.78, 5) is 2.37. The molecule has 0 aromatic heterocycles. The van der Waals surface area contributed by atoms with Crippen molar-refractivity contribution in [2.24, 2.45) is 11.8 Å². The Hall–Kier alpha value is -0.480. The van der Waals surface area contributed by atoms with Crippen LogP contribution in [0.4, 0.5) is 0 Å². The van der Waals surface area contributed by atoms with Gasteiger partial charge in [-0.25, -0.2) is 0 Å². The van der Waals surface area contributed by atoms with Crippen molar-refractivity contribution in [3.63, 3.8) is 0 Å². The molecule has 1 rings (SSSR count). The maximum atomic E-state index is 3.28. The van der Waals surface area contributed by atoms with Crippen molar-refractivity contribution in [2.45, 2.75) is 20.3 Å². The van der Waals surface area contributed by atoms with Gasteiger partial charge >= 0.3 is 0 Å². The topological polar surface area (TPSA) is 3.24 Å². The predicted octanol–water partition coefficient (Wildman–Crippen LogP) is 1.60. The SMILES string of the molecule is CC1C#CCCN(C)CC1C. The molecule has 0 amide bonds. The molecule has 2 unspecified atom stereocenters. The van der Waals surface area contributed by atoms with E-state index in [0.29, 0.717) is 11.8 Å². The van der Waals surface area contributed by atoms with Crippen LogP contribution in [0.25, 0.3) is 0 Å². The fraction of sp³-hybridized carbons (Fsp3) is 0.800. The Kier molecular flexibility index (Phi) is 2.96. The van der Waals surface area contributed by atoms with Crippen LogP contribution in [-0.4, -0.2) is 25.0 Å². The lowest BCUT2D eigenvalue weighted by Crippen LogP contribution is -2.29. The van der Waals surface area contributed by atoms with Gasteiger partial charge < -0.3 is 4.90 Å². The average molecular weight is 151 g/mol. The zero-order chi connectivity index (χ0) is 8.27. The fourth-order valence-corrected chi connectivity index (χ4v) is 1.36. The highest BCUT2D eigenvalue weighted by Crippen LogP contribution is 2.12. The van der Waals surface area contributed by atoms with Gasteiger partial charge in [0.15, 0.2) is 0 Å². The number of hydrogen-bond acceptors (Lipinski definition) is 1. The van der Waals surface area contributed by atoms with E-state index in [1.165, 1.54) is 6.54 Å². The third-order valence-corrected chi connectivity index (χ3v) is 2.40. The van der Waals surface area contributed by atoms with Crippen molar-refractivity contribution in [3.05, 3.63) is 0 Å². The minimum Gasteiger partial charge on any atom is -0.305 e. The Morgan fingerprint density at radius 2 is 2.09 bits per heavy atom. The molecule has 1 heteroatoms. The van der Waals surface area contributed by atoms with Crippen molar-refractivity contribution < 1.29 is 0 Å². The van der Waals surface area contributed by atoms with E-state index in [-0.39, 0.29) is 0 Å². The van der Waals surface area contributed by atoms with Crippen LogP contribution < -0.4 is 0 Å². The summed E-state index contributed by atoms with van der Waals surface area (Å²) in [5.74, 6) is 7.77. The van der Waals surface area contributed by atoms with E-state index in [9.17, 15) is 0 Å². The van der Waals surface area contributed by atoms with Crippen molar-refractivity contribution in [3.8, 4) is 11.8 Å². The molecule has 1 aliphatic heterocycles. The van der Waals surface area contributed by atoms with Gasteiger partial charge in [0.05, 0.1) is 0 Å². The van der Waals surface area contributed by atoms with Crippen LogP contribution in [0.3, 0.4) is 0 Å². The van der Waals surface area contributed by atoms with E-state index in [4.69, 9.17) is 0 Å². The molecule has 11 heavy (non-hydrogen) atoms. The molecule has 0 fully saturated rings. The van der Waals surface area contributed by atoms with Gasteiger partial charge in [0.25, 0.3) is 0 Å². The second kappa shape index (κ2) is 3.78. The molecule has 0 saturated heterocycles. The van der Waals surface area contributed by atoms with Crippen molar-refractivity contribution in [1.29, 1.82) is 0 Å². The van der Waals surface area contributed by atoms with Crippen LogP contribution in [0, 0.1) is 23.7 Å². The Morgan fingerprint density at radius 1 is 1.36 bits per heavy atom. The first-order chi connectivity index (χ1) is 5.20. The van der Waals surface area contributed by atoms with E-state index < -0.39 is 0 Å². The van der Waals surface area contributed by atoms with E-state index in [2.05, 4.69) is 37.6 Å². The van der Waals surface area contributed by atoms with Gasteiger partial charge in [-0.1, -0.05) is 19.8 Å². The van der Waals surface area contributed by atoms with Gasteiger partial charge in [0, 0.05) is 25.4 Å². The Labute approximate surface area is 69.8 Å². The highest BCUT2D eigenvalue weighted by atomic mass is 15.1. The zero-order valence-electron chi connectivity index (χ0n) is 7.72. The van der Waals surface area contributed by atoms with Crippen LogP contribution in [-0.2, 0) is 0 Å². The molecule has 1 heterocycles. The fourth-order valence-electron chi connectivity index (χ4n) is 1.36.